The summed E-state index contributed by atoms with van der Waals surface area (Å²) >= 11 is 0. The van der Waals surface area contributed by atoms with Crippen molar-refractivity contribution in [3.05, 3.63) is 99.0 Å². The fourth-order valence-electron chi connectivity index (χ4n) is 3.07. The standard InChI is InChI=1S/C21H18FN3O7.C5H6FN3O/c1-24-18(23-19(26)31-15-8-4-13(29-2)5-9-15)17(22)12-25(20(24)27)21(28)32-16-10-6-14(30-3)7-11-16;1-9-4(7)3(6)2-8-5(9)10/h4-12H,1-3H3;2H,7H2,1H3. The van der Waals surface area contributed by atoms with Gasteiger partial charge in [0.2, 0.25) is 0 Å². The maximum Gasteiger partial charge on any atom is 0.441 e. The molecule has 0 aliphatic carbocycles. The van der Waals surface area contributed by atoms with Crippen LogP contribution in [-0.2, 0) is 14.1 Å². The summed E-state index contributed by atoms with van der Waals surface area (Å²) in [6.07, 6.45) is -0.935. The Morgan fingerprint density at radius 1 is 0.810 bits per heavy atom. The lowest BCUT2D eigenvalue weighted by atomic mass is 10.3. The molecule has 1 amide bonds. The van der Waals surface area contributed by atoms with E-state index in [9.17, 15) is 28.0 Å². The molecule has 42 heavy (non-hydrogen) atoms. The Hall–Kier alpha value is -5.80. The molecule has 0 saturated carbocycles. The molecule has 0 atom stereocenters. The number of benzene rings is 2. The number of nitrogens with two attached hydrogens (primary N) is 1. The van der Waals surface area contributed by atoms with Gasteiger partial charge in [0, 0.05) is 14.1 Å². The Morgan fingerprint density at radius 2 is 1.31 bits per heavy atom. The highest BCUT2D eigenvalue weighted by atomic mass is 19.1. The SMILES string of the molecule is COc1ccc(OC(=O)N=c2c(F)cn(C(=O)Oc3ccc(OC)cc3)c(=O)n2C)cc1.Cn1c(N)c(F)cnc1=O. The molecule has 2 heterocycles. The molecule has 16 heteroatoms. The van der Waals surface area contributed by atoms with Gasteiger partial charge >= 0.3 is 23.6 Å². The first-order chi connectivity index (χ1) is 19.9. The first-order valence-corrected chi connectivity index (χ1v) is 11.7. The molecule has 0 bridgehead atoms. The summed E-state index contributed by atoms with van der Waals surface area (Å²) in [4.78, 5) is 54.1. The first-order valence-electron chi connectivity index (χ1n) is 11.7. The van der Waals surface area contributed by atoms with Crippen molar-refractivity contribution in [3.63, 3.8) is 0 Å². The van der Waals surface area contributed by atoms with E-state index in [4.69, 9.17) is 24.7 Å². The third kappa shape index (κ3) is 7.44. The van der Waals surface area contributed by atoms with Gasteiger partial charge in [-0.3, -0.25) is 9.13 Å². The van der Waals surface area contributed by atoms with Gasteiger partial charge in [-0.05, 0) is 48.5 Å². The molecule has 0 aliphatic rings. The van der Waals surface area contributed by atoms with Crippen LogP contribution in [0.25, 0.3) is 0 Å². The fraction of sp³-hybridized carbons (Fsp3) is 0.154. The number of halogens is 2. The number of carbonyl (C=O) groups excluding carboxylic acids is 2. The molecule has 0 spiro atoms. The van der Waals surface area contributed by atoms with Gasteiger partial charge in [0.25, 0.3) is 0 Å². The smallest absolute Gasteiger partial charge is 0.441 e. The molecule has 0 unspecified atom stereocenters. The first kappa shape index (κ1) is 30.7. The summed E-state index contributed by atoms with van der Waals surface area (Å²) in [5.41, 5.74) is 2.97. The van der Waals surface area contributed by atoms with Crippen molar-refractivity contribution in [1.82, 2.24) is 18.7 Å². The fourth-order valence-corrected chi connectivity index (χ4v) is 3.07. The summed E-state index contributed by atoms with van der Waals surface area (Å²) < 4.78 is 49.1. The van der Waals surface area contributed by atoms with Crippen LogP contribution in [0.15, 0.2) is 75.5 Å². The molecule has 14 nitrogen and oxygen atoms in total. The molecular weight excluding hydrogens is 562 g/mol. The monoisotopic (exact) mass is 586 g/mol. The van der Waals surface area contributed by atoms with E-state index < -0.39 is 40.7 Å². The normalized spacial score (nSPS) is 10.8. The van der Waals surface area contributed by atoms with Crippen molar-refractivity contribution in [2.75, 3.05) is 20.0 Å². The third-order valence-electron chi connectivity index (χ3n) is 5.37. The summed E-state index contributed by atoms with van der Waals surface area (Å²) in [5.74, 6) is -0.662. The number of aromatic nitrogens is 4. The Bertz CT molecular complexity index is 1780. The number of carbonyl (C=O) groups is 2. The summed E-state index contributed by atoms with van der Waals surface area (Å²) in [6, 6.07) is 12.0. The maximum atomic E-state index is 14.6. The number of methoxy groups -OCH3 is 2. The number of hydrogen-bond donors (Lipinski definition) is 1. The minimum absolute atomic E-state index is 0.114. The minimum atomic E-state index is -1.16. The molecule has 0 saturated heterocycles. The topological polar surface area (TPSA) is 171 Å². The van der Waals surface area contributed by atoms with Gasteiger partial charge in [-0.2, -0.15) is 14.5 Å². The Labute approximate surface area is 235 Å². The van der Waals surface area contributed by atoms with Crippen molar-refractivity contribution in [2.45, 2.75) is 0 Å². The van der Waals surface area contributed by atoms with Crippen LogP contribution in [-0.4, -0.2) is 45.1 Å². The van der Waals surface area contributed by atoms with Crippen LogP contribution in [0.5, 0.6) is 23.0 Å². The molecule has 220 valence electrons. The second kappa shape index (κ2) is 13.5. The van der Waals surface area contributed by atoms with Gasteiger partial charge in [0.15, 0.2) is 17.1 Å². The summed E-state index contributed by atoms with van der Waals surface area (Å²) in [5, 5.41) is 0. The quantitative estimate of drug-likeness (QED) is 0.373. The largest absolute Gasteiger partial charge is 0.497 e. The number of anilines is 1. The number of nitrogen functional groups attached to an aromatic ring is 1. The van der Waals surface area contributed by atoms with Gasteiger partial charge < -0.3 is 24.7 Å². The van der Waals surface area contributed by atoms with Gasteiger partial charge in [0.1, 0.15) is 28.8 Å². The minimum Gasteiger partial charge on any atom is -0.497 e. The van der Waals surface area contributed by atoms with Crippen LogP contribution < -0.4 is 41.5 Å². The number of amides is 1. The highest BCUT2D eigenvalue weighted by molar-refractivity contribution is 5.73. The van der Waals surface area contributed by atoms with E-state index in [1.54, 1.807) is 24.3 Å². The zero-order valence-corrected chi connectivity index (χ0v) is 22.6. The predicted octanol–water partition coefficient (Wildman–Crippen LogP) is 1.99. The molecular formula is C26H24F2N6O8. The van der Waals surface area contributed by atoms with E-state index in [1.165, 1.54) is 45.5 Å². The van der Waals surface area contributed by atoms with Gasteiger partial charge in [0.05, 0.1) is 26.6 Å². The van der Waals surface area contributed by atoms with E-state index in [-0.39, 0.29) is 17.3 Å². The van der Waals surface area contributed by atoms with Gasteiger partial charge in [-0.25, -0.2) is 28.0 Å². The second-order valence-corrected chi connectivity index (χ2v) is 8.04. The van der Waals surface area contributed by atoms with E-state index in [2.05, 4.69) is 9.98 Å². The molecule has 0 aliphatic heterocycles. The van der Waals surface area contributed by atoms with Gasteiger partial charge in [-0.1, -0.05) is 0 Å². The van der Waals surface area contributed by atoms with Gasteiger partial charge in [-0.15, -0.1) is 0 Å². The molecule has 2 aromatic heterocycles. The maximum absolute atomic E-state index is 14.6. The molecule has 2 N–H and O–H groups in total. The Morgan fingerprint density at radius 3 is 1.81 bits per heavy atom. The Balaban J connectivity index is 0.000000408. The lowest BCUT2D eigenvalue weighted by Gasteiger charge is -2.09. The highest BCUT2D eigenvalue weighted by Gasteiger charge is 2.16. The van der Waals surface area contributed by atoms with Crippen molar-refractivity contribution in [1.29, 1.82) is 0 Å². The summed E-state index contributed by atoms with van der Waals surface area (Å²) in [7, 11) is 5.45. The van der Waals surface area contributed by atoms with E-state index in [1.807, 2.05) is 0 Å². The lowest BCUT2D eigenvalue weighted by molar-refractivity contribution is 0.199. The number of rotatable bonds is 4. The van der Waals surface area contributed by atoms with Crippen LogP contribution in [0.2, 0.25) is 0 Å². The molecule has 0 fully saturated rings. The van der Waals surface area contributed by atoms with Crippen LogP contribution in [0, 0.1) is 11.6 Å². The zero-order chi connectivity index (χ0) is 31.0. The molecule has 2 aromatic carbocycles. The van der Waals surface area contributed by atoms with Crippen molar-refractivity contribution in [2.24, 2.45) is 19.1 Å². The highest BCUT2D eigenvalue weighted by Crippen LogP contribution is 2.18. The third-order valence-corrected chi connectivity index (χ3v) is 5.37. The number of hydrogen-bond acceptors (Lipinski definition) is 10. The van der Waals surface area contributed by atoms with E-state index in [0.29, 0.717) is 26.8 Å². The zero-order valence-electron chi connectivity index (χ0n) is 22.6. The average Bonchev–Trinajstić information content (AvgIpc) is 2.99. The van der Waals surface area contributed by atoms with Crippen LogP contribution in [0.1, 0.15) is 0 Å². The van der Waals surface area contributed by atoms with Crippen molar-refractivity contribution in [3.8, 4) is 23.0 Å². The van der Waals surface area contributed by atoms with Crippen molar-refractivity contribution >= 4 is 18.0 Å². The molecule has 0 radical (unpaired) electrons. The van der Waals surface area contributed by atoms with Crippen molar-refractivity contribution < 1.29 is 37.3 Å². The Kier molecular flexibility index (Phi) is 9.89. The molecule has 4 rings (SSSR count). The predicted molar refractivity (Wildman–Crippen MR) is 142 cm³/mol. The van der Waals surface area contributed by atoms with Crippen LogP contribution in [0.4, 0.5) is 24.2 Å². The van der Waals surface area contributed by atoms with Crippen LogP contribution >= 0.6 is 0 Å². The van der Waals surface area contributed by atoms with Crippen LogP contribution in [0.3, 0.4) is 0 Å². The average molecular weight is 587 g/mol. The number of ether oxygens (including phenoxy) is 4. The second-order valence-electron chi connectivity index (χ2n) is 8.04. The van der Waals surface area contributed by atoms with E-state index >= 15 is 0 Å². The lowest BCUT2D eigenvalue weighted by Crippen LogP contribution is -2.43. The number of nitrogens with zero attached hydrogens (tertiary/aromatic N) is 5. The molecule has 4 aromatic rings. The van der Waals surface area contributed by atoms with E-state index in [0.717, 1.165) is 17.8 Å². The summed E-state index contributed by atoms with van der Waals surface area (Å²) in [6.45, 7) is 0.